The molecule has 2 aromatic rings. The Morgan fingerprint density at radius 3 is 2.74 bits per heavy atom. The number of hydrazine groups is 1. The summed E-state index contributed by atoms with van der Waals surface area (Å²) in [5.41, 5.74) is 15.4. The number of aromatic nitrogens is 2. The van der Waals surface area contributed by atoms with Crippen LogP contribution in [0.5, 0.6) is 0 Å². The summed E-state index contributed by atoms with van der Waals surface area (Å²) in [7, 11) is 3.94. The summed E-state index contributed by atoms with van der Waals surface area (Å²) in [6, 6.07) is 9.53. The molecule has 4 rings (SSSR count). The molecule has 4 N–H and O–H groups in total. The monoisotopic (exact) mass is 367 g/mol. The summed E-state index contributed by atoms with van der Waals surface area (Å²) in [4.78, 5) is 25.9. The molecule has 1 aromatic heterocycles. The van der Waals surface area contributed by atoms with E-state index in [9.17, 15) is 4.79 Å². The standard InChI is InChI=1S/C19H25N7O/c1-25(2)18-13-8-9-26(10-14(13)21-11-22-18)19(27)16-15(17(20)24-23-16)12-6-4-3-5-7-12/h3-7,11,15-17,23-24H,8-10,20H2,1-2H3. The van der Waals surface area contributed by atoms with Gasteiger partial charge in [-0.25, -0.2) is 20.8 Å². The van der Waals surface area contributed by atoms with Gasteiger partial charge in [-0.2, -0.15) is 0 Å². The van der Waals surface area contributed by atoms with Crippen molar-refractivity contribution >= 4 is 11.7 Å². The Hall–Kier alpha value is -2.55. The van der Waals surface area contributed by atoms with Crippen molar-refractivity contribution in [3.63, 3.8) is 0 Å². The van der Waals surface area contributed by atoms with Gasteiger partial charge in [-0.05, 0) is 12.0 Å². The molecule has 0 spiro atoms. The van der Waals surface area contributed by atoms with E-state index >= 15 is 0 Å². The minimum absolute atomic E-state index is 0.0416. The minimum atomic E-state index is -0.404. The highest BCUT2D eigenvalue weighted by Gasteiger charge is 2.41. The first-order valence-electron chi connectivity index (χ1n) is 9.16. The van der Waals surface area contributed by atoms with Gasteiger partial charge in [-0.1, -0.05) is 30.3 Å². The lowest BCUT2D eigenvalue weighted by atomic mass is 9.89. The number of carbonyl (C=O) groups excluding carboxylic acids is 1. The number of benzene rings is 1. The molecule has 0 saturated carbocycles. The van der Waals surface area contributed by atoms with Crippen molar-refractivity contribution in [2.45, 2.75) is 31.1 Å². The molecule has 0 bridgehead atoms. The van der Waals surface area contributed by atoms with Crippen molar-refractivity contribution in [2.24, 2.45) is 5.73 Å². The third-order valence-electron chi connectivity index (χ3n) is 5.32. The summed E-state index contributed by atoms with van der Waals surface area (Å²) in [5.74, 6) is 0.847. The number of rotatable bonds is 3. The molecule has 0 aliphatic carbocycles. The van der Waals surface area contributed by atoms with E-state index in [2.05, 4.69) is 20.8 Å². The normalized spacial score (nSPS) is 24.6. The first kappa shape index (κ1) is 17.8. The average molecular weight is 367 g/mol. The van der Waals surface area contributed by atoms with E-state index in [1.807, 2.05) is 54.2 Å². The van der Waals surface area contributed by atoms with Crippen LogP contribution in [-0.2, 0) is 17.8 Å². The van der Waals surface area contributed by atoms with Gasteiger partial charge in [0, 0.05) is 32.1 Å². The fourth-order valence-corrected chi connectivity index (χ4v) is 3.97. The predicted molar refractivity (Wildman–Crippen MR) is 103 cm³/mol. The van der Waals surface area contributed by atoms with Gasteiger partial charge in [-0.15, -0.1) is 0 Å². The maximum Gasteiger partial charge on any atom is 0.242 e. The molecule has 142 valence electrons. The molecule has 1 aromatic carbocycles. The molecule has 3 heterocycles. The van der Waals surface area contributed by atoms with Crippen molar-refractivity contribution in [3.05, 3.63) is 53.5 Å². The van der Waals surface area contributed by atoms with E-state index in [0.717, 1.165) is 29.1 Å². The third kappa shape index (κ3) is 3.27. The van der Waals surface area contributed by atoms with Crippen molar-refractivity contribution in [2.75, 3.05) is 25.5 Å². The van der Waals surface area contributed by atoms with Crippen LogP contribution >= 0.6 is 0 Å². The fourth-order valence-electron chi connectivity index (χ4n) is 3.97. The van der Waals surface area contributed by atoms with Crippen LogP contribution in [0.4, 0.5) is 5.82 Å². The van der Waals surface area contributed by atoms with Gasteiger partial charge < -0.3 is 15.5 Å². The molecule has 0 radical (unpaired) electrons. The van der Waals surface area contributed by atoms with Gasteiger partial charge in [0.1, 0.15) is 18.2 Å². The Morgan fingerprint density at radius 1 is 1.22 bits per heavy atom. The largest absolute Gasteiger partial charge is 0.362 e. The summed E-state index contributed by atoms with van der Waals surface area (Å²) in [6.07, 6.45) is 2.00. The van der Waals surface area contributed by atoms with E-state index in [0.29, 0.717) is 13.1 Å². The zero-order valence-corrected chi connectivity index (χ0v) is 15.6. The minimum Gasteiger partial charge on any atom is -0.362 e. The summed E-state index contributed by atoms with van der Waals surface area (Å²) in [6.45, 7) is 1.14. The highest BCUT2D eigenvalue weighted by atomic mass is 16.2. The van der Waals surface area contributed by atoms with Crippen LogP contribution in [0.25, 0.3) is 0 Å². The Balaban J connectivity index is 1.56. The molecule has 3 unspecified atom stereocenters. The molecule has 1 saturated heterocycles. The lowest BCUT2D eigenvalue weighted by Crippen LogP contribution is -2.49. The van der Waals surface area contributed by atoms with Gasteiger partial charge in [-0.3, -0.25) is 4.79 Å². The van der Waals surface area contributed by atoms with E-state index in [4.69, 9.17) is 5.73 Å². The maximum absolute atomic E-state index is 13.3. The average Bonchev–Trinajstić information content (AvgIpc) is 3.08. The van der Waals surface area contributed by atoms with E-state index in [1.165, 1.54) is 0 Å². The smallest absolute Gasteiger partial charge is 0.242 e. The number of nitrogens with one attached hydrogen (secondary N) is 2. The predicted octanol–water partition coefficient (Wildman–Crippen LogP) is -0.0277. The highest BCUT2D eigenvalue weighted by molar-refractivity contribution is 5.84. The number of nitrogens with zero attached hydrogens (tertiary/aromatic N) is 4. The van der Waals surface area contributed by atoms with Crippen LogP contribution in [-0.4, -0.2) is 53.6 Å². The summed E-state index contributed by atoms with van der Waals surface area (Å²) in [5, 5.41) is 0. The van der Waals surface area contributed by atoms with E-state index < -0.39 is 6.04 Å². The van der Waals surface area contributed by atoms with Crippen molar-refractivity contribution in [3.8, 4) is 0 Å². The molecule has 1 amide bonds. The second kappa shape index (κ2) is 7.22. The van der Waals surface area contributed by atoms with Crippen LogP contribution in [0.1, 0.15) is 22.7 Å². The lowest BCUT2D eigenvalue weighted by molar-refractivity contribution is -0.134. The molecule has 1 fully saturated rings. The van der Waals surface area contributed by atoms with Crippen LogP contribution in [0, 0.1) is 0 Å². The quantitative estimate of drug-likeness (QED) is 0.701. The number of nitrogens with two attached hydrogens (primary N) is 1. The molecule has 8 nitrogen and oxygen atoms in total. The van der Waals surface area contributed by atoms with Gasteiger partial charge in [0.05, 0.1) is 18.4 Å². The second-order valence-corrected chi connectivity index (χ2v) is 7.26. The number of amides is 1. The van der Waals surface area contributed by atoms with Crippen molar-refractivity contribution < 1.29 is 4.79 Å². The van der Waals surface area contributed by atoms with Gasteiger partial charge in [0.15, 0.2) is 0 Å². The molecular formula is C19H25N7O. The number of hydrogen-bond donors (Lipinski definition) is 3. The Bertz CT molecular complexity index is 826. The summed E-state index contributed by atoms with van der Waals surface area (Å²) >= 11 is 0. The molecule has 2 aliphatic rings. The molecule has 8 heteroatoms. The molecule has 27 heavy (non-hydrogen) atoms. The van der Waals surface area contributed by atoms with Crippen LogP contribution in [0.15, 0.2) is 36.7 Å². The van der Waals surface area contributed by atoms with E-state index in [1.54, 1.807) is 6.33 Å². The molecular weight excluding hydrogens is 342 g/mol. The summed E-state index contributed by atoms with van der Waals surface area (Å²) < 4.78 is 0. The fraction of sp³-hybridized carbons (Fsp3) is 0.421. The second-order valence-electron chi connectivity index (χ2n) is 7.26. The molecule has 3 atom stereocenters. The zero-order valence-electron chi connectivity index (χ0n) is 15.6. The Kier molecular flexibility index (Phi) is 4.77. The van der Waals surface area contributed by atoms with Crippen LogP contribution in [0.2, 0.25) is 0 Å². The highest BCUT2D eigenvalue weighted by Crippen LogP contribution is 2.29. The third-order valence-corrected chi connectivity index (χ3v) is 5.32. The van der Waals surface area contributed by atoms with Crippen LogP contribution < -0.4 is 21.5 Å². The van der Waals surface area contributed by atoms with Gasteiger partial charge in [0.25, 0.3) is 0 Å². The SMILES string of the molecule is CN(C)c1ncnc2c1CCN(C(=O)C1NNC(N)C1c1ccccc1)C2. The maximum atomic E-state index is 13.3. The topological polar surface area (TPSA) is 99.4 Å². The number of hydrogen-bond acceptors (Lipinski definition) is 7. The lowest BCUT2D eigenvalue weighted by Gasteiger charge is -2.33. The van der Waals surface area contributed by atoms with Gasteiger partial charge in [0.2, 0.25) is 5.91 Å². The van der Waals surface area contributed by atoms with Gasteiger partial charge >= 0.3 is 0 Å². The first-order chi connectivity index (χ1) is 13.1. The molecule has 2 aliphatic heterocycles. The van der Waals surface area contributed by atoms with Crippen molar-refractivity contribution in [1.82, 2.24) is 25.7 Å². The Morgan fingerprint density at radius 2 is 2.00 bits per heavy atom. The van der Waals surface area contributed by atoms with Crippen LogP contribution in [0.3, 0.4) is 0 Å². The number of fused-ring (bicyclic) bond motifs is 1. The van der Waals surface area contributed by atoms with E-state index in [-0.39, 0.29) is 18.0 Å². The number of anilines is 1. The first-order valence-corrected chi connectivity index (χ1v) is 9.16. The van der Waals surface area contributed by atoms with Crippen molar-refractivity contribution in [1.29, 1.82) is 0 Å². The Labute approximate surface area is 158 Å². The zero-order chi connectivity index (χ0) is 19.0. The number of carbonyl (C=O) groups is 1.